The second-order valence-electron chi connectivity index (χ2n) is 6.36. The fourth-order valence-corrected chi connectivity index (χ4v) is 3.39. The molecule has 3 rings (SSSR count). The van der Waals surface area contributed by atoms with E-state index >= 15 is 0 Å². The summed E-state index contributed by atoms with van der Waals surface area (Å²) in [4.78, 5) is 43.0. The summed E-state index contributed by atoms with van der Waals surface area (Å²) in [5.41, 5.74) is 0.951. The quantitative estimate of drug-likeness (QED) is 0.859. The van der Waals surface area contributed by atoms with Crippen molar-refractivity contribution >= 4 is 23.4 Å². The highest BCUT2D eigenvalue weighted by Gasteiger charge is 2.28. The molecule has 26 heavy (non-hydrogen) atoms. The Hall–Kier alpha value is -2.97. The zero-order valence-corrected chi connectivity index (χ0v) is 14.5. The fourth-order valence-electron chi connectivity index (χ4n) is 3.39. The molecule has 9 nitrogen and oxygen atoms in total. The minimum atomic E-state index is -1.03. The molecule has 0 aliphatic carbocycles. The van der Waals surface area contributed by atoms with Gasteiger partial charge in [-0.15, -0.1) is 0 Å². The summed E-state index contributed by atoms with van der Waals surface area (Å²) in [6, 6.07) is 1.56. The molecule has 2 aromatic rings. The van der Waals surface area contributed by atoms with Crippen LogP contribution in [0.15, 0.2) is 24.7 Å². The van der Waals surface area contributed by atoms with E-state index in [1.165, 1.54) is 18.0 Å². The van der Waals surface area contributed by atoms with E-state index in [1.54, 1.807) is 27.9 Å². The number of nitrogens with zero attached hydrogens (tertiary/aromatic N) is 5. The van der Waals surface area contributed by atoms with Crippen LogP contribution in [0, 0.1) is 0 Å². The van der Waals surface area contributed by atoms with Gasteiger partial charge in [-0.2, -0.15) is 5.10 Å². The molecule has 1 atom stereocenters. The molecule has 0 spiro atoms. The van der Waals surface area contributed by atoms with Crippen molar-refractivity contribution in [3.63, 3.8) is 0 Å². The molecule has 1 fully saturated rings. The van der Waals surface area contributed by atoms with Gasteiger partial charge in [-0.3, -0.25) is 14.4 Å². The third kappa shape index (κ3) is 3.66. The molecule has 138 valence electrons. The Kier molecular flexibility index (Phi) is 5.15. The molecular weight excluding hydrogens is 338 g/mol. The minimum absolute atomic E-state index is 0.146. The molecule has 1 aliphatic heterocycles. The maximum absolute atomic E-state index is 12.9. The van der Waals surface area contributed by atoms with Gasteiger partial charge in [0.1, 0.15) is 12.1 Å². The summed E-state index contributed by atoms with van der Waals surface area (Å²) >= 11 is 0. The van der Waals surface area contributed by atoms with E-state index in [4.69, 9.17) is 5.11 Å². The van der Waals surface area contributed by atoms with Crippen LogP contribution in [0.4, 0.5) is 0 Å². The van der Waals surface area contributed by atoms with Gasteiger partial charge in [0, 0.05) is 38.4 Å². The average Bonchev–Trinajstić information content (AvgIpc) is 2.88. The predicted molar refractivity (Wildman–Crippen MR) is 91.6 cm³/mol. The van der Waals surface area contributed by atoms with E-state index in [0.29, 0.717) is 43.6 Å². The van der Waals surface area contributed by atoms with E-state index in [-0.39, 0.29) is 24.4 Å². The third-order valence-electron chi connectivity index (χ3n) is 4.65. The van der Waals surface area contributed by atoms with Crippen molar-refractivity contribution in [3.05, 3.63) is 30.2 Å². The van der Waals surface area contributed by atoms with Crippen LogP contribution >= 0.6 is 0 Å². The van der Waals surface area contributed by atoms with Gasteiger partial charge in [-0.1, -0.05) is 0 Å². The minimum Gasteiger partial charge on any atom is -0.480 e. The van der Waals surface area contributed by atoms with Crippen molar-refractivity contribution in [2.24, 2.45) is 0 Å². The third-order valence-corrected chi connectivity index (χ3v) is 4.65. The van der Waals surface area contributed by atoms with Crippen molar-refractivity contribution in [1.82, 2.24) is 24.4 Å². The zero-order valence-electron chi connectivity index (χ0n) is 14.5. The smallest absolute Gasteiger partial charge is 0.323 e. The standard InChI is InChI=1S/C17H21N5O4/c1-12(23)21(11-15(24)25)13-4-2-7-20(9-5-13)17(26)14-10-19-22-8-3-6-18-16(14)22/h3,6,8,10,13H,2,4-5,7,9,11H2,1H3,(H,24,25). The number of fused-ring (bicyclic) bond motifs is 1. The maximum Gasteiger partial charge on any atom is 0.323 e. The van der Waals surface area contributed by atoms with Crippen molar-refractivity contribution < 1.29 is 19.5 Å². The van der Waals surface area contributed by atoms with Crippen LogP contribution < -0.4 is 0 Å². The van der Waals surface area contributed by atoms with Crippen molar-refractivity contribution in [2.45, 2.75) is 32.2 Å². The van der Waals surface area contributed by atoms with Gasteiger partial charge >= 0.3 is 5.97 Å². The highest BCUT2D eigenvalue weighted by Crippen LogP contribution is 2.20. The topological polar surface area (TPSA) is 108 Å². The molecule has 1 unspecified atom stereocenters. The summed E-state index contributed by atoms with van der Waals surface area (Å²) in [5, 5.41) is 13.2. The van der Waals surface area contributed by atoms with Gasteiger partial charge in [0.15, 0.2) is 5.65 Å². The Morgan fingerprint density at radius 2 is 2.12 bits per heavy atom. The number of carboxylic acids is 1. The average molecular weight is 359 g/mol. The molecule has 2 aromatic heterocycles. The molecule has 1 aliphatic rings. The molecule has 1 N–H and O–H groups in total. The highest BCUT2D eigenvalue weighted by atomic mass is 16.4. The SMILES string of the molecule is CC(=O)N(CC(=O)O)C1CCCN(C(=O)c2cnn3cccnc23)CC1. The van der Waals surface area contributed by atoms with Crippen molar-refractivity contribution in [2.75, 3.05) is 19.6 Å². The molecule has 0 radical (unpaired) electrons. The predicted octanol–water partition coefficient (Wildman–Crippen LogP) is 0.657. The van der Waals surface area contributed by atoms with Gasteiger partial charge in [0.2, 0.25) is 5.91 Å². The zero-order chi connectivity index (χ0) is 18.7. The molecule has 3 heterocycles. The lowest BCUT2D eigenvalue weighted by molar-refractivity contribution is -0.145. The molecule has 0 saturated carbocycles. The van der Waals surface area contributed by atoms with Crippen LogP contribution in [0.5, 0.6) is 0 Å². The Morgan fingerprint density at radius 1 is 1.31 bits per heavy atom. The van der Waals surface area contributed by atoms with Crippen molar-refractivity contribution in [3.8, 4) is 0 Å². The first-order valence-corrected chi connectivity index (χ1v) is 8.54. The van der Waals surface area contributed by atoms with E-state index in [9.17, 15) is 14.4 Å². The maximum atomic E-state index is 12.9. The van der Waals surface area contributed by atoms with E-state index in [0.717, 1.165) is 0 Å². The van der Waals surface area contributed by atoms with E-state index < -0.39 is 5.97 Å². The molecule has 0 bridgehead atoms. The number of amides is 2. The first kappa shape index (κ1) is 17.8. The van der Waals surface area contributed by atoms with E-state index in [2.05, 4.69) is 10.1 Å². The number of carbonyl (C=O) groups is 3. The van der Waals surface area contributed by atoms with Crippen molar-refractivity contribution in [1.29, 1.82) is 0 Å². The lowest BCUT2D eigenvalue weighted by Gasteiger charge is -2.28. The Labute approximate surface area is 150 Å². The molecule has 1 saturated heterocycles. The summed E-state index contributed by atoms with van der Waals surface area (Å²) in [7, 11) is 0. The van der Waals surface area contributed by atoms with Crippen LogP contribution in [0.25, 0.3) is 5.65 Å². The number of aromatic nitrogens is 3. The second kappa shape index (κ2) is 7.51. The summed E-state index contributed by atoms with van der Waals surface area (Å²) in [6.45, 7) is 2.07. The Balaban J connectivity index is 1.73. The van der Waals surface area contributed by atoms with Crippen LogP contribution in [0.3, 0.4) is 0 Å². The van der Waals surface area contributed by atoms with Gasteiger partial charge < -0.3 is 14.9 Å². The fraction of sp³-hybridized carbons (Fsp3) is 0.471. The van der Waals surface area contributed by atoms with E-state index in [1.807, 2.05) is 0 Å². The monoisotopic (exact) mass is 359 g/mol. The lowest BCUT2D eigenvalue weighted by atomic mass is 10.1. The summed E-state index contributed by atoms with van der Waals surface area (Å²) in [6.07, 6.45) is 6.78. The van der Waals surface area contributed by atoms with Gasteiger partial charge in [-0.25, -0.2) is 9.50 Å². The number of carbonyl (C=O) groups excluding carboxylic acids is 2. The lowest BCUT2D eigenvalue weighted by Crippen LogP contribution is -2.43. The number of hydrogen-bond donors (Lipinski definition) is 1. The second-order valence-corrected chi connectivity index (χ2v) is 6.36. The highest BCUT2D eigenvalue weighted by molar-refractivity contribution is 5.99. The first-order chi connectivity index (χ1) is 12.5. The van der Waals surface area contributed by atoms with Gasteiger partial charge in [0.05, 0.1) is 6.20 Å². The number of rotatable bonds is 4. The van der Waals surface area contributed by atoms with Crippen LogP contribution in [0.2, 0.25) is 0 Å². The molecular formula is C17H21N5O4. The Morgan fingerprint density at radius 3 is 2.85 bits per heavy atom. The summed E-state index contributed by atoms with van der Waals surface area (Å²) in [5.74, 6) is -1.44. The van der Waals surface area contributed by atoms with Gasteiger partial charge in [0.25, 0.3) is 5.91 Å². The number of hydrogen-bond acceptors (Lipinski definition) is 5. The molecule has 2 amide bonds. The van der Waals surface area contributed by atoms with Gasteiger partial charge in [-0.05, 0) is 25.3 Å². The normalized spacial score (nSPS) is 17.7. The van der Waals surface area contributed by atoms with Crippen LogP contribution in [-0.4, -0.2) is 73.0 Å². The number of likely N-dealkylation sites (tertiary alicyclic amines) is 1. The Bertz CT molecular complexity index is 833. The molecule has 0 aromatic carbocycles. The number of carboxylic acid groups (broad SMARTS) is 1. The summed E-state index contributed by atoms with van der Waals surface area (Å²) < 4.78 is 1.55. The number of aliphatic carboxylic acids is 1. The van der Waals surface area contributed by atoms with Crippen LogP contribution in [0.1, 0.15) is 36.5 Å². The first-order valence-electron chi connectivity index (χ1n) is 8.54. The molecule has 9 heteroatoms. The largest absolute Gasteiger partial charge is 0.480 e. The van der Waals surface area contributed by atoms with Crippen LogP contribution in [-0.2, 0) is 9.59 Å².